The van der Waals surface area contributed by atoms with Crippen LogP contribution < -0.4 is 0 Å². The fraction of sp³-hybridized carbons (Fsp3) is 0.800. The molecule has 0 unspecified atom stereocenters. The number of aryl methyl sites for hydroxylation is 1. The van der Waals surface area contributed by atoms with E-state index < -0.39 is 11.4 Å². The van der Waals surface area contributed by atoms with Gasteiger partial charge in [0, 0.05) is 0 Å². The second kappa shape index (κ2) is 14.2. The summed E-state index contributed by atoms with van der Waals surface area (Å²) in [7, 11) is 0. The summed E-state index contributed by atoms with van der Waals surface area (Å²) in [5, 5.41) is 10.2. The first kappa shape index (κ1) is 28.7. The van der Waals surface area contributed by atoms with Crippen LogP contribution in [0.1, 0.15) is 147 Å². The Morgan fingerprint density at radius 2 is 1.24 bits per heavy atom. The summed E-state index contributed by atoms with van der Waals surface area (Å²) >= 11 is 0. The maximum atomic E-state index is 12.4. The third-order valence-corrected chi connectivity index (χ3v) is 11.1. The van der Waals surface area contributed by atoms with E-state index in [2.05, 4.69) is 38.1 Å². The van der Waals surface area contributed by atoms with Gasteiger partial charge in [-0.3, -0.25) is 4.79 Å². The van der Waals surface area contributed by atoms with E-state index in [-0.39, 0.29) is 0 Å². The molecule has 3 aliphatic rings. The molecular weight excluding hydrogens is 452 g/mol. The van der Waals surface area contributed by atoms with Crippen LogP contribution in [0.15, 0.2) is 24.3 Å². The summed E-state index contributed by atoms with van der Waals surface area (Å²) < 4.78 is 0. The Morgan fingerprint density at radius 1 is 0.703 bits per heavy atom. The minimum atomic E-state index is -0.659. The third-order valence-electron chi connectivity index (χ3n) is 11.1. The quantitative estimate of drug-likeness (QED) is 0.285. The molecule has 208 valence electrons. The number of benzene rings is 1. The normalized spacial score (nSPS) is 32.8. The maximum Gasteiger partial charge on any atom is 0.314 e. The predicted molar refractivity (Wildman–Crippen MR) is 156 cm³/mol. The second-order valence-electron chi connectivity index (χ2n) is 13.4. The van der Waals surface area contributed by atoms with Crippen LogP contribution in [0.2, 0.25) is 0 Å². The molecule has 0 heterocycles. The topological polar surface area (TPSA) is 37.3 Å². The average molecular weight is 509 g/mol. The first-order valence-corrected chi connectivity index (χ1v) is 16.4. The summed E-state index contributed by atoms with van der Waals surface area (Å²) in [6.07, 6.45) is 26.0. The Labute approximate surface area is 228 Å². The van der Waals surface area contributed by atoms with Crippen molar-refractivity contribution in [2.75, 3.05) is 0 Å². The van der Waals surface area contributed by atoms with Crippen molar-refractivity contribution in [2.45, 2.75) is 148 Å². The number of rotatable bonds is 12. The van der Waals surface area contributed by atoms with Gasteiger partial charge in [-0.15, -0.1) is 0 Å². The van der Waals surface area contributed by atoms with Gasteiger partial charge in [0.05, 0.1) is 5.41 Å². The number of unbranched alkanes of at least 4 members (excludes halogenated alkanes) is 2. The molecule has 0 amide bonds. The van der Waals surface area contributed by atoms with E-state index in [1.54, 1.807) is 0 Å². The minimum Gasteiger partial charge on any atom is -0.481 e. The number of aliphatic carboxylic acids is 1. The molecule has 0 atom stereocenters. The first-order chi connectivity index (χ1) is 18.0. The number of hydrogen-bond donors (Lipinski definition) is 1. The van der Waals surface area contributed by atoms with Crippen molar-refractivity contribution in [1.82, 2.24) is 0 Å². The fourth-order valence-electron chi connectivity index (χ4n) is 8.43. The Kier molecular flexibility index (Phi) is 11.0. The number of carboxylic acid groups (broad SMARTS) is 1. The van der Waals surface area contributed by atoms with Gasteiger partial charge in [-0.25, -0.2) is 0 Å². The van der Waals surface area contributed by atoms with E-state index in [4.69, 9.17) is 0 Å². The molecule has 0 saturated heterocycles. The van der Waals surface area contributed by atoms with E-state index >= 15 is 0 Å². The molecule has 3 aliphatic carbocycles. The van der Waals surface area contributed by atoms with Gasteiger partial charge in [-0.2, -0.15) is 0 Å². The van der Waals surface area contributed by atoms with Gasteiger partial charge in [-0.1, -0.05) is 102 Å². The molecule has 3 saturated carbocycles. The molecular formula is C35H56O2. The van der Waals surface area contributed by atoms with E-state index in [9.17, 15) is 9.90 Å². The molecule has 0 aromatic heterocycles. The maximum absolute atomic E-state index is 12.4. The van der Waals surface area contributed by atoms with Crippen molar-refractivity contribution < 1.29 is 9.90 Å². The highest BCUT2D eigenvalue weighted by Gasteiger charge is 2.43. The Bertz CT molecular complexity index is 787. The van der Waals surface area contributed by atoms with Gasteiger partial charge in [0.15, 0.2) is 0 Å². The van der Waals surface area contributed by atoms with Gasteiger partial charge >= 0.3 is 5.97 Å². The smallest absolute Gasteiger partial charge is 0.314 e. The highest BCUT2D eigenvalue weighted by molar-refractivity contribution is 5.81. The largest absolute Gasteiger partial charge is 0.481 e. The van der Waals surface area contributed by atoms with Crippen LogP contribution in [-0.2, 0) is 16.6 Å². The van der Waals surface area contributed by atoms with Crippen molar-refractivity contribution in [3.05, 3.63) is 35.4 Å². The lowest BCUT2D eigenvalue weighted by atomic mass is 9.66. The van der Waals surface area contributed by atoms with Gasteiger partial charge in [-0.05, 0) is 105 Å². The van der Waals surface area contributed by atoms with Crippen LogP contribution in [0.4, 0.5) is 0 Å². The molecule has 1 aromatic carbocycles. The number of hydrogen-bond acceptors (Lipinski definition) is 1. The van der Waals surface area contributed by atoms with Gasteiger partial charge < -0.3 is 5.11 Å². The average Bonchev–Trinajstić information content (AvgIpc) is 2.94. The molecule has 2 nitrogen and oxygen atoms in total. The molecule has 37 heavy (non-hydrogen) atoms. The van der Waals surface area contributed by atoms with Crippen LogP contribution in [-0.4, -0.2) is 11.1 Å². The van der Waals surface area contributed by atoms with Crippen molar-refractivity contribution >= 4 is 5.97 Å². The third kappa shape index (κ3) is 7.63. The van der Waals surface area contributed by atoms with Crippen LogP contribution in [0.3, 0.4) is 0 Å². The van der Waals surface area contributed by atoms with Crippen LogP contribution in [0.5, 0.6) is 0 Å². The SMILES string of the molecule is CCCCCC1CCC(C(=O)O)(c2ccc(CCC3CCC(C4CCC(CCC)CC4)CC3)cc2)CC1. The van der Waals surface area contributed by atoms with E-state index in [1.807, 2.05) is 0 Å². The number of carboxylic acids is 1. The van der Waals surface area contributed by atoms with Crippen molar-refractivity contribution in [3.63, 3.8) is 0 Å². The first-order valence-electron chi connectivity index (χ1n) is 16.4. The summed E-state index contributed by atoms with van der Waals surface area (Å²) in [6, 6.07) is 8.81. The van der Waals surface area contributed by atoms with Crippen LogP contribution in [0.25, 0.3) is 0 Å². The predicted octanol–water partition coefficient (Wildman–Crippen LogP) is 10.1. The summed E-state index contributed by atoms with van der Waals surface area (Å²) in [4.78, 5) is 12.4. The zero-order chi connectivity index (χ0) is 26.1. The van der Waals surface area contributed by atoms with E-state index in [0.717, 1.165) is 67.3 Å². The standard InChI is InChI=1S/C35H56O2/c1-3-5-6-8-28-23-25-35(26-24-28,34(36)37)33-21-15-30(16-22-33)10-9-29-13-19-32(20-14-29)31-17-11-27(7-4-2)12-18-31/h15-16,21-22,27-29,31-32H,3-14,17-20,23-26H2,1-2H3,(H,36,37). The van der Waals surface area contributed by atoms with Crippen LogP contribution in [0, 0.1) is 29.6 Å². The highest BCUT2D eigenvalue weighted by Crippen LogP contribution is 2.44. The van der Waals surface area contributed by atoms with Gasteiger partial charge in [0.2, 0.25) is 0 Å². The molecule has 4 rings (SSSR count). The summed E-state index contributed by atoms with van der Waals surface area (Å²) in [5.41, 5.74) is 1.78. The lowest BCUT2D eigenvalue weighted by Gasteiger charge is -2.38. The molecule has 0 aliphatic heterocycles. The fourth-order valence-corrected chi connectivity index (χ4v) is 8.43. The molecule has 2 heteroatoms. The molecule has 0 bridgehead atoms. The lowest BCUT2D eigenvalue weighted by Crippen LogP contribution is -2.39. The number of carbonyl (C=O) groups is 1. The molecule has 1 N–H and O–H groups in total. The van der Waals surface area contributed by atoms with E-state index in [1.165, 1.54) is 102 Å². The van der Waals surface area contributed by atoms with Crippen LogP contribution >= 0.6 is 0 Å². The van der Waals surface area contributed by atoms with Crippen molar-refractivity contribution in [2.24, 2.45) is 29.6 Å². The molecule has 1 aromatic rings. The Hall–Kier alpha value is -1.31. The zero-order valence-electron chi connectivity index (χ0n) is 24.2. The van der Waals surface area contributed by atoms with Gasteiger partial charge in [0.1, 0.15) is 0 Å². The molecule has 0 radical (unpaired) electrons. The second-order valence-corrected chi connectivity index (χ2v) is 13.4. The molecule has 3 fully saturated rings. The van der Waals surface area contributed by atoms with Crippen molar-refractivity contribution in [3.8, 4) is 0 Å². The summed E-state index contributed by atoms with van der Waals surface area (Å²) in [5.74, 6) is 4.06. The highest BCUT2D eigenvalue weighted by atomic mass is 16.4. The van der Waals surface area contributed by atoms with Crippen molar-refractivity contribution in [1.29, 1.82) is 0 Å². The monoisotopic (exact) mass is 508 g/mol. The molecule has 0 spiro atoms. The minimum absolute atomic E-state index is 0.608. The summed E-state index contributed by atoms with van der Waals surface area (Å²) in [6.45, 7) is 4.60. The Morgan fingerprint density at radius 3 is 1.76 bits per heavy atom. The zero-order valence-corrected chi connectivity index (χ0v) is 24.2. The van der Waals surface area contributed by atoms with Gasteiger partial charge in [0.25, 0.3) is 0 Å². The van der Waals surface area contributed by atoms with E-state index in [0.29, 0.717) is 0 Å². The Balaban J connectivity index is 1.21. The lowest BCUT2D eigenvalue weighted by molar-refractivity contribution is -0.145.